The Balaban J connectivity index is 1.52. The van der Waals surface area contributed by atoms with Gasteiger partial charge in [0.25, 0.3) is 0 Å². The summed E-state index contributed by atoms with van der Waals surface area (Å²) in [4.78, 5) is 15.1. The number of aryl methyl sites for hydroxylation is 2. The summed E-state index contributed by atoms with van der Waals surface area (Å²) >= 11 is 0. The molecular weight excluding hydrogens is 282 g/mol. The molecule has 2 nitrogen and oxygen atoms in total. The fourth-order valence-electron chi connectivity index (χ4n) is 4.22. The van der Waals surface area contributed by atoms with Crippen LogP contribution in [0.4, 0.5) is 0 Å². The summed E-state index contributed by atoms with van der Waals surface area (Å²) in [6, 6.07) is 17.4. The van der Waals surface area contributed by atoms with Crippen LogP contribution in [0.1, 0.15) is 41.1 Å². The highest BCUT2D eigenvalue weighted by Gasteiger charge is 2.38. The molecule has 0 radical (unpaired) electrons. The van der Waals surface area contributed by atoms with Gasteiger partial charge in [-0.25, -0.2) is 0 Å². The lowest BCUT2D eigenvalue weighted by Crippen LogP contribution is -2.31. The lowest BCUT2D eigenvalue weighted by molar-refractivity contribution is -0.133. The molecule has 0 N–H and O–H groups in total. The lowest BCUT2D eigenvalue weighted by Gasteiger charge is -2.25. The van der Waals surface area contributed by atoms with Gasteiger partial charge in [0.15, 0.2) is 0 Å². The first-order valence-corrected chi connectivity index (χ1v) is 8.67. The fourth-order valence-corrected chi connectivity index (χ4v) is 4.22. The molecule has 1 aliphatic carbocycles. The summed E-state index contributed by atoms with van der Waals surface area (Å²) in [5.41, 5.74) is 5.41. The van der Waals surface area contributed by atoms with Crippen molar-refractivity contribution < 1.29 is 4.79 Å². The Labute approximate surface area is 138 Å². The summed E-state index contributed by atoms with van der Waals surface area (Å²) in [5.74, 6) is 0.513. The monoisotopic (exact) mass is 305 g/mol. The zero-order chi connectivity index (χ0) is 15.8. The van der Waals surface area contributed by atoms with E-state index in [0.29, 0.717) is 11.9 Å². The quantitative estimate of drug-likeness (QED) is 0.837. The highest BCUT2D eigenvalue weighted by molar-refractivity contribution is 5.82. The van der Waals surface area contributed by atoms with E-state index in [0.717, 1.165) is 32.2 Å². The maximum Gasteiger partial charge on any atom is 0.226 e. The third kappa shape index (κ3) is 2.56. The van der Waals surface area contributed by atoms with E-state index < -0.39 is 0 Å². The minimum absolute atomic E-state index is 0.156. The van der Waals surface area contributed by atoms with Crippen molar-refractivity contribution in [1.82, 2.24) is 4.90 Å². The van der Waals surface area contributed by atoms with Crippen LogP contribution in [0.5, 0.6) is 0 Å². The zero-order valence-corrected chi connectivity index (χ0v) is 13.7. The Morgan fingerprint density at radius 1 is 1.04 bits per heavy atom. The van der Waals surface area contributed by atoms with Crippen LogP contribution in [0, 0.1) is 12.8 Å². The number of nitrogens with zero attached hydrogens (tertiary/aromatic N) is 1. The maximum atomic E-state index is 12.9. The second-order valence-corrected chi connectivity index (χ2v) is 6.90. The first kappa shape index (κ1) is 14.5. The SMILES string of the molecule is Cc1ccccc1CC1CCN(C2CCc3ccccc32)C1=O. The number of likely N-dealkylation sites (tertiary alicyclic amines) is 1. The van der Waals surface area contributed by atoms with Gasteiger partial charge >= 0.3 is 0 Å². The van der Waals surface area contributed by atoms with Crippen molar-refractivity contribution in [2.45, 2.75) is 38.6 Å². The normalized spacial score (nSPS) is 23.3. The molecule has 1 heterocycles. The summed E-state index contributed by atoms with van der Waals surface area (Å²) in [5, 5.41) is 0. The van der Waals surface area contributed by atoms with E-state index in [1.165, 1.54) is 22.3 Å². The van der Waals surface area contributed by atoms with Gasteiger partial charge < -0.3 is 4.90 Å². The molecule has 0 saturated carbocycles. The molecule has 118 valence electrons. The fraction of sp³-hybridized carbons (Fsp3) is 0.381. The Morgan fingerprint density at radius 2 is 1.83 bits per heavy atom. The number of benzene rings is 2. The van der Waals surface area contributed by atoms with Crippen molar-refractivity contribution >= 4 is 5.91 Å². The Hall–Kier alpha value is -2.09. The average molecular weight is 305 g/mol. The Morgan fingerprint density at radius 3 is 2.70 bits per heavy atom. The van der Waals surface area contributed by atoms with Crippen molar-refractivity contribution in [3.8, 4) is 0 Å². The second kappa shape index (κ2) is 5.84. The van der Waals surface area contributed by atoms with Crippen LogP contribution in [-0.2, 0) is 17.6 Å². The van der Waals surface area contributed by atoms with Crippen LogP contribution in [0.15, 0.2) is 48.5 Å². The number of fused-ring (bicyclic) bond motifs is 1. The van der Waals surface area contributed by atoms with Crippen LogP contribution in [0.3, 0.4) is 0 Å². The molecule has 2 aromatic rings. The van der Waals surface area contributed by atoms with E-state index >= 15 is 0 Å². The molecule has 1 amide bonds. The molecule has 2 heteroatoms. The first-order valence-electron chi connectivity index (χ1n) is 8.67. The number of hydrogen-bond acceptors (Lipinski definition) is 1. The molecule has 0 aromatic heterocycles. The molecule has 1 saturated heterocycles. The minimum Gasteiger partial charge on any atom is -0.335 e. The third-order valence-corrected chi connectivity index (χ3v) is 5.56. The van der Waals surface area contributed by atoms with Crippen molar-refractivity contribution in [2.75, 3.05) is 6.54 Å². The zero-order valence-electron chi connectivity index (χ0n) is 13.7. The van der Waals surface area contributed by atoms with Gasteiger partial charge in [0, 0.05) is 12.5 Å². The van der Waals surface area contributed by atoms with Gasteiger partial charge in [-0.2, -0.15) is 0 Å². The smallest absolute Gasteiger partial charge is 0.226 e. The van der Waals surface area contributed by atoms with Crippen molar-refractivity contribution in [3.05, 3.63) is 70.8 Å². The molecule has 2 atom stereocenters. The predicted molar refractivity (Wildman–Crippen MR) is 92.2 cm³/mol. The molecule has 1 aliphatic heterocycles. The van der Waals surface area contributed by atoms with Crippen molar-refractivity contribution in [2.24, 2.45) is 5.92 Å². The molecule has 2 aliphatic rings. The first-order chi connectivity index (χ1) is 11.2. The second-order valence-electron chi connectivity index (χ2n) is 6.90. The van der Waals surface area contributed by atoms with E-state index in [1.54, 1.807) is 0 Å². The van der Waals surface area contributed by atoms with Gasteiger partial charge in [-0.15, -0.1) is 0 Å². The molecule has 0 bridgehead atoms. The van der Waals surface area contributed by atoms with E-state index in [-0.39, 0.29) is 5.92 Å². The van der Waals surface area contributed by atoms with Crippen LogP contribution in [-0.4, -0.2) is 17.4 Å². The lowest BCUT2D eigenvalue weighted by atomic mass is 9.95. The number of amides is 1. The molecule has 4 rings (SSSR count). The highest BCUT2D eigenvalue weighted by atomic mass is 16.2. The van der Waals surface area contributed by atoms with Gasteiger partial charge in [-0.3, -0.25) is 4.79 Å². The van der Waals surface area contributed by atoms with E-state index in [9.17, 15) is 4.79 Å². The summed E-state index contributed by atoms with van der Waals surface area (Å²) in [6.45, 7) is 3.05. The molecule has 2 unspecified atom stereocenters. The third-order valence-electron chi connectivity index (χ3n) is 5.56. The average Bonchev–Trinajstić information content (AvgIpc) is 3.14. The molecule has 1 fully saturated rings. The topological polar surface area (TPSA) is 20.3 Å². The van der Waals surface area contributed by atoms with Crippen LogP contribution >= 0.6 is 0 Å². The number of rotatable bonds is 3. The molecular formula is C21H23NO. The van der Waals surface area contributed by atoms with Gasteiger partial charge in [0.05, 0.1) is 6.04 Å². The van der Waals surface area contributed by atoms with E-state index in [2.05, 4.69) is 60.4 Å². The Kier molecular flexibility index (Phi) is 3.68. The molecule has 23 heavy (non-hydrogen) atoms. The van der Waals surface area contributed by atoms with Crippen molar-refractivity contribution in [3.63, 3.8) is 0 Å². The highest BCUT2D eigenvalue weighted by Crippen LogP contribution is 2.39. The van der Waals surface area contributed by atoms with Gasteiger partial charge in [-0.05, 0) is 54.9 Å². The van der Waals surface area contributed by atoms with Crippen molar-refractivity contribution in [1.29, 1.82) is 0 Å². The standard InChI is InChI=1S/C21H23NO/c1-15-6-2-3-8-17(15)14-18-12-13-22(21(18)23)20-11-10-16-7-4-5-9-19(16)20/h2-9,18,20H,10-14H2,1H3. The van der Waals surface area contributed by atoms with Crippen LogP contribution in [0.2, 0.25) is 0 Å². The van der Waals surface area contributed by atoms with Gasteiger partial charge in [0.1, 0.15) is 0 Å². The van der Waals surface area contributed by atoms with E-state index in [1.807, 2.05) is 0 Å². The maximum absolute atomic E-state index is 12.9. The van der Waals surface area contributed by atoms with Gasteiger partial charge in [0.2, 0.25) is 5.91 Å². The van der Waals surface area contributed by atoms with E-state index in [4.69, 9.17) is 0 Å². The van der Waals surface area contributed by atoms with Crippen LogP contribution in [0.25, 0.3) is 0 Å². The number of hydrogen-bond donors (Lipinski definition) is 0. The largest absolute Gasteiger partial charge is 0.335 e. The summed E-state index contributed by atoms with van der Waals surface area (Å²) in [6.07, 6.45) is 4.07. The summed E-state index contributed by atoms with van der Waals surface area (Å²) in [7, 11) is 0. The minimum atomic E-state index is 0.156. The number of carbonyl (C=O) groups is 1. The van der Waals surface area contributed by atoms with Crippen LogP contribution < -0.4 is 0 Å². The Bertz CT molecular complexity index is 736. The predicted octanol–water partition coefficient (Wildman–Crippen LogP) is 4.07. The molecule has 2 aromatic carbocycles. The number of carbonyl (C=O) groups excluding carboxylic acids is 1. The molecule has 0 spiro atoms. The van der Waals surface area contributed by atoms with Gasteiger partial charge in [-0.1, -0.05) is 48.5 Å². The summed E-state index contributed by atoms with van der Waals surface area (Å²) < 4.78 is 0.